The Bertz CT molecular complexity index is 781. The molecule has 0 spiro atoms. The van der Waals surface area contributed by atoms with E-state index >= 15 is 0 Å². The quantitative estimate of drug-likeness (QED) is 0.815. The van der Waals surface area contributed by atoms with Crippen LogP contribution in [0.1, 0.15) is 45.9 Å². The summed E-state index contributed by atoms with van der Waals surface area (Å²) in [5.74, 6) is -0.0643. The largest absolute Gasteiger partial charge is 0.451 e. The minimum atomic E-state index is -0.411. The molecule has 25 heavy (non-hydrogen) atoms. The predicted molar refractivity (Wildman–Crippen MR) is 100 cm³/mol. The minimum Gasteiger partial charge on any atom is -0.451 e. The van der Waals surface area contributed by atoms with Crippen LogP contribution >= 0.6 is 11.3 Å². The number of benzene rings is 1. The van der Waals surface area contributed by atoms with Crippen LogP contribution in [0, 0.1) is 5.92 Å². The van der Waals surface area contributed by atoms with Gasteiger partial charge in [0.1, 0.15) is 4.88 Å². The molecule has 0 saturated heterocycles. The van der Waals surface area contributed by atoms with Gasteiger partial charge in [0.05, 0.1) is 0 Å². The number of carbonyl (C=O) groups is 2. The van der Waals surface area contributed by atoms with E-state index in [4.69, 9.17) is 4.74 Å². The van der Waals surface area contributed by atoms with Gasteiger partial charge in [-0.1, -0.05) is 32.0 Å². The highest BCUT2D eigenvalue weighted by Gasteiger charge is 2.21. The molecule has 5 heteroatoms. The molecule has 132 valence electrons. The monoisotopic (exact) mass is 357 g/mol. The topological polar surface area (TPSA) is 55.4 Å². The fraction of sp³-hybridized carbons (Fsp3) is 0.400. The SMILES string of the molecule is CCc1ccccc1NC(=O)COC(=O)c1cc2c(s1)CC[C@H](C)C2. The molecule has 0 aliphatic heterocycles. The van der Waals surface area contributed by atoms with Crippen LogP contribution in [0.4, 0.5) is 5.69 Å². The molecule has 3 rings (SSSR count). The molecule has 4 nitrogen and oxygen atoms in total. The van der Waals surface area contributed by atoms with E-state index < -0.39 is 5.97 Å². The standard InChI is InChI=1S/C20H23NO3S/c1-3-14-6-4-5-7-16(14)21-19(22)12-24-20(23)18-11-15-10-13(2)8-9-17(15)25-18/h4-7,11,13H,3,8-10,12H2,1-2H3,(H,21,22)/t13-/m0/s1. The van der Waals surface area contributed by atoms with Gasteiger partial charge in [-0.05, 0) is 54.9 Å². The third kappa shape index (κ3) is 4.28. The van der Waals surface area contributed by atoms with Crippen LogP contribution in [-0.4, -0.2) is 18.5 Å². The zero-order valence-electron chi connectivity index (χ0n) is 14.6. The van der Waals surface area contributed by atoms with Crippen LogP contribution < -0.4 is 5.32 Å². The molecule has 1 aliphatic carbocycles. The number of rotatable bonds is 5. The van der Waals surface area contributed by atoms with Crippen molar-refractivity contribution in [1.29, 1.82) is 0 Å². The molecule has 0 bridgehead atoms. The summed E-state index contributed by atoms with van der Waals surface area (Å²) in [5.41, 5.74) is 3.09. The van der Waals surface area contributed by atoms with Gasteiger partial charge in [0.25, 0.3) is 5.91 Å². The highest BCUT2D eigenvalue weighted by molar-refractivity contribution is 7.14. The Morgan fingerprint density at radius 2 is 2.12 bits per heavy atom. The van der Waals surface area contributed by atoms with Gasteiger partial charge in [-0.3, -0.25) is 4.79 Å². The molecule has 1 atom stereocenters. The van der Waals surface area contributed by atoms with Crippen molar-refractivity contribution < 1.29 is 14.3 Å². The van der Waals surface area contributed by atoms with Crippen LogP contribution in [0.2, 0.25) is 0 Å². The van der Waals surface area contributed by atoms with Gasteiger partial charge in [-0.25, -0.2) is 4.79 Å². The smallest absolute Gasteiger partial charge is 0.348 e. The van der Waals surface area contributed by atoms with Crippen molar-refractivity contribution in [3.63, 3.8) is 0 Å². The average Bonchev–Trinajstić information content (AvgIpc) is 3.03. The van der Waals surface area contributed by atoms with Crippen molar-refractivity contribution in [3.05, 3.63) is 51.2 Å². The van der Waals surface area contributed by atoms with Gasteiger partial charge in [-0.2, -0.15) is 0 Å². The van der Waals surface area contributed by atoms with Crippen molar-refractivity contribution in [3.8, 4) is 0 Å². The highest BCUT2D eigenvalue weighted by atomic mass is 32.1. The number of thiophene rings is 1. The Hall–Kier alpha value is -2.14. The minimum absolute atomic E-state index is 0.268. The summed E-state index contributed by atoms with van der Waals surface area (Å²) in [4.78, 5) is 26.2. The van der Waals surface area contributed by atoms with Crippen molar-refractivity contribution in [2.45, 2.75) is 39.5 Å². The van der Waals surface area contributed by atoms with Gasteiger partial charge < -0.3 is 10.1 Å². The van der Waals surface area contributed by atoms with Gasteiger partial charge in [0.2, 0.25) is 0 Å². The van der Waals surface area contributed by atoms with E-state index in [1.807, 2.05) is 37.3 Å². The third-order valence-electron chi connectivity index (χ3n) is 4.54. The molecule has 0 fully saturated rings. The number of esters is 1. The fourth-order valence-electron chi connectivity index (χ4n) is 3.15. The molecule has 1 aliphatic rings. The Morgan fingerprint density at radius 3 is 2.92 bits per heavy atom. The second-order valence-corrected chi connectivity index (χ2v) is 7.68. The maximum absolute atomic E-state index is 12.2. The summed E-state index contributed by atoms with van der Waals surface area (Å²) in [6.07, 6.45) is 4.05. The molecule has 2 aromatic rings. The number of ether oxygens (including phenoxy) is 1. The van der Waals surface area contributed by atoms with Crippen molar-refractivity contribution in [2.75, 3.05) is 11.9 Å². The second-order valence-electron chi connectivity index (χ2n) is 6.54. The number of fused-ring (bicyclic) bond motifs is 1. The highest BCUT2D eigenvalue weighted by Crippen LogP contribution is 2.32. The average molecular weight is 357 g/mol. The molecule has 0 unspecified atom stereocenters. The first kappa shape index (κ1) is 17.7. The number of para-hydroxylation sites is 1. The molecule has 1 heterocycles. The predicted octanol–water partition coefficient (Wildman–Crippen LogP) is 4.23. The summed E-state index contributed by atoms with van der Waals surface area (Å²) in [7, 11) is 0. The summed E-state index contributed by atoms with van der Waals surface area (Å²) in [5, 5.41) is 2.81. The van der Waals surface area contributed by atoms with Crippen LogP contribution in [-0.2, 0) is 28.8 Å². The summed E-state index contributed by atoms with van der Waals surface area (Å²) in [6, 6.07) is 9.57. The zero-order valence-corrected chi connectivity index (χ0v) is 15.4. The molecule has 1 aromatic heterocycles. The summed E-state index contributed by atoms with van der Waals surface area (Å²) >= 11 is 1.50. The molecular formula is C20H23NO3S. The first-order chi connectivity index (χ1) is 12.1. The molecule has 0 saturated carbocycles. The van der Waals surface area contributed by atoms with Crippen molar-refractivity contribution in [1.82, 2.24) is 0 Å². The van der Waals surface area contributed by atoms with E-state index in [-0.39, 0.29) is 12.5 Å². The Labute approximate surface area is 152 Å². The lowest BCUT2D eigenvalue weighted by atomic mass is 9.90. The van der Waals surface area contributed by atoms with Crippen LogP contribution in [0.3, 0.4) is 0 Å². The molecule has 1 N–H and O–H groups in total. The molecule has 1 amide bonds. The summed E-state index contributed by atoms with van der Waals surface area (Å²) < 4.78 is 5.20. The maximum atomic E-state index is 12.2. The van der Waals surface area contributed by atoms with E-state index in [1.54, 1.807) is 0 Å². The maximum Gasteiger partial charge on any atom is 0.348 e. The number of carbonyl (C=O) groups excluding carboxylic acids is 2. The lowest BCUT2D eigenvalue weighted by Gasteiger charge is -2.16. The van der Waals surface area contributed by atoms with Gasteiger partial charge in [-0.15, -0.1) is 11.3 Å². The van der Waals surface area contributed by atoms with E-state index in [9.17, 15) is 9.59 Å². The van der Waals surface area contributed by atoms with E-state index in [2.05, 4.69) is 12.2 Å². The molecular weight excluding hydrogens is 334 g/mol. The van der Waals surface area contributed by atoms with Crippen molar-refractivity contribution in [2.24, 2.45) is 5.92 Å². The first-order valence-electron chi connectivity index (χ1n) is 8.73. The fourth-order valence-corrected chi connectivity index (χ4v) is 4.25. The van der Waals surface area contributed by atoms with Crippen LogP contribution in [0.25, 0.3) is 0 Å². The van der Waals surface area contributed by atoms with E-state index in [1.165, 1.54) is 28.2 Å². The number of nitrogens with one attached hydrogen (secondary N) is 1. The number of aryl methyl sites for hydroxylation is 2. The lowest BCUT2D eigenvalue weighted by molar-refractivity contribution is -0.119. The number of hydrogen-bond acceptors (Lipinski definition) is 4. The van der Waals surface area contributed by atoms with E-state index in [0.29, 0.717) is 10.8 Å². The van der Waals surface area contributed by atoms with Crippen LogP contribution in [0.15, 0.2) is 30.3 Å². The molecule has 1 aromatic carbocycles. The van der Waals surface area contributed by atoms with Gasteiger partial charge in [0.15, 0.2) is 6.61 Å². The Kier molecular flexibility index (Phi) is 5.53. The van der Waals surface area contributed by atoms with Crippen LogP contribution in [0.5, 0.6) is 0 Å². The number of amides is 1. The normalized spacial score (nSPS) is 16.2. The van der Waals surface area contributed by atoms with Crippen molar-refractivity contribution >= 4 is 28.9 Å². The summed E-state index contributed by atoms with van der Waals surface area (Å²) in [6.45, 7) is 4.00. The number of anilines is 1. The van der Waals surface area contributed by atoms with Gasteiger partial charge in [0, 0.05) is 10.6 Å². The molecule has 0 radical (unpaired) electrons. The van der Waals surface area contributed by atoms with E-state index in [0.717, 1.165) is 30.5 Å². The first-order valence-corrected chi connectivity index (χ1v) is 9.55. The second kappa shape index (κ2) is 7.83. The Balaban J connectivity index is 1.56. The lowest BCUT2D eigenvalue weighted by Crippen LogP contribution is -2.21. The third-order valence-corrected chi connectivity index (χ3v) is 5.75. The number of hydrogen-bond donors (Lipinski definition) is 1. The van der Waals surface area contributed by atoms with Gasteiger partial charge >= 0.3 is 5.97 Å². The Morgan fingerprint density at radius 1 is 1.32 bits per heavy atom. The zero-order chi connectivity index (χ0) is 17.8.